The van der Waals surface area contributed by atoms with E-state index in [1.165, 1.54) is 37.2 Å². The normalized spacial score (nSPS) is 29.5. The van der Waals surface area contributed by atoms with Crippen LogP contribution in [0.4, 0.5) is 0 Å². The van der Waals surface area contributed by atoms with Gasteiger partial charge in [0.2, 0.25) is 0 Å². The first kappa shape index (κ1) is 11.2. The average Bonchev–Trinajstić information content (AvgIpc) is 2.25. The molecule has 0 radical (unpaired) electrons. The van der Waals surface area contributed by atoms with Crippen LogP contribution in [0.3, 0.4) is 0 Å². The van der Waals surface area contributed by atoms with Crippen LogP contribution in [0.15, 0.2) is 12.1 Å². The van der Waals surface area contributed by atoms with Crippen LogP contribution in [0.5, 0.6) is 0 Å². The molecule has 1 aromatic rings. The van der Waals surface area contributed by atoms with E-state index in [0.29, 0.717) is 16.6 Å². The zero-order chi connectivity index (χ0) is 12.2. The number of hydrogen-bond acceptors (Lipinski definition) is 3. The summed E-state index contributed by atoms with van der Waals surface area (Å²) in [6.45, 7) is 4.31. The third-order valence-electron chi connectivity index (χ3n) is 4.56. The number of pyridine rings is 1. The number of ether oxygens (including phenoxy) is 1. The number of aryl methyl sites for hydroxylation is 1. The van der Waals surface area contributed by atoms with Crippen LogP contribution < -0.4 is 0 Å². The Kier molecular flexibility index (Phi) is 2.44. The number of aromatic nitrogens is 1. The fraction of sp³-hybridized carbons (Fsp3) is 0.643. The van der Waals surface area contributed by atoms with Crippen LogP contribution in [-0.2, 0) is 11.2 Å². The van der Waals surface area contributed by atoms with E-state index in [9.17, 15) is 0 Å². The van der Waals surface area contributed by atoms with Gasteiger partial charge in [-0.3, -0.25) is 4.90 Å². The Bertz CT molecular complexity index is 479. The van der Waals surface area contributed by atoms with Gasteiger partial charge >= 0.3 is 0 Å². The molecule has 96 valence electrons. The minimum atomic E-state index is 0.497. The van der Waals surface area contributed by atoms with Crippen molar-refractivity contribution in [3.63, 3.8) is 0 Å². The number of halogens is 1. The Balaban J connectivity index is 1.57. The molecule has 3 aliphatic rings. The van der Waals surface area contributed by atoms with Gasteiger partial charge in [0.25, 0.3) is 0 Å². The molecule has 0 aromatic carbocycles. The summed E-state index contributed by atoms with van der Waals surface area (Å²) in [7, 11) is 0. The molecule has 1 spiro atoms. The van der Waals surface area contributed by atoms with Crippen molar-refractivity contribution < 1.29 is 4.74 Å². The second-order valence-electron chi connectivity index (χ2n) is 5.98. The molecular weight excluding hydrogens is 248 g/mol. The molecule has 4 heteroatoms. The monoisotopic (exact) mass is 264 g/mol. The highest BCUT2D eigenvalue weighted by Crippen LogP contribution is 2.45. The van der Waals surface area contributed by atoms with Gasteiger partial charge in [-0.1, -0.05) is 17.7 Å². The van der Waals surface area contributed by atoms with Crippen LogP contribution in [0.1, 0.15) is 30.1 Å². The quantitative estimate of drug-likeness (QED) is 0.729. The number of nitrogens with zero attached hydrogens (tertiary/aromatic N) is 2. The molecule has 0 saturated carbocycles. The van der Waals surface area contributed by atoms with Gasteiger partial charge in [0.1, 0.15) is 5.15 Å². The summed E-state index contributed by atoms with van der Waals surface area (Å²) >= 11 is 5.99. The smallest absolute Gasteiger partial charge is 0.129 e. The van der Waals surface area contributed by atoms with E-state index in [0.717, 1.165) is 19.6 Å². The highest BCUT2D eigenvalue weighted by atomic mass is 35.5. The van der Waals surface area contributed by atoms with E-state index in [1.807, 2.05) is 6.07 Å². The minimum absolute atomic E-state index is 0.497. The summed E-state index contributed by atoms with van der Waals surface area (Å²) < 4.78 is 5.34. The summed E-state index contributed by atoms with van der Waals surface area (Å²) in [5.74, 6) is 0. The molecule has 0 bridgehead atoms. The lowest BCUT2D eigenvalue weighted by molar-refractivity contribution is -0.200. The lowest BCUT2D eigenvalue weighted by atomic mass is 9.75. The molecule has 3 nitrogen and oxygen atoms in total. The molecule has 4 rings (SSSR count). The highest BCUT2D eigenvalue weighted by molar-refractivity contribution is 6.29. The molecule has 18 heavy (non-hydrogen) atoms. The van der Waals surface area contributed by atoms with Gasteiger partial charge < -0.3 is 4.74 Å². The zero-order valence-corrected chi connectivity index (χ0v) is 11.1. The minimum Gasteiger partial charge on any atom is -0.380 e. The number of likely N-dealkylation sites (tertiary alicyclic amines) is 1. The van der Waals surface area contributed by atoms with Gasteiger partial charge in [-0.2, -0.15) is 0 Å². The van der Waals surface area contributed by atoms with Gasteiger partial charge in [0.05, 0.1) is 13.2 Å². The fourth-order valence-corrected chi connectivity index (χ4v) is 3.76. The van der Waals surface area contributed by atoms with Gasteiger partial charge in [-0.25, -0.2) is 4.98 Å². The van der Waals surface area contributed by atoms with Crippen molar-refractivity contribution in [3.05, 3.63) is 28.5 Å². The van der Waals surface area contributed by atoms with Gasteiger partial charge in [0.15, 0.2) is 0 Å². The summed E-state index contributed by atoms with van der Waals surface area (Å²) in [6, 6.07) is 4.67. The van der Waals surface area contributed by atoms with Crippen molar-refractivity contribution in [2.45, 2.75) is 25.3 Å². The van der Waals surface area contributed by atoms with Crippen molar-refractivity contribution in [2.75, 3.05) is 26.3 Å². The number of fused-ring (bicyclic) bond motifs is 1. The second-order valence-corrected chi connectivity index (χ2v) is 6.36. The molecule has 1 aromatic heterocycles. The molecule has 1 atom stereocenters. The number of hydrogen-bond donors (Lipinski definition) is 0. The van der Waals surface area contributed by atoms with E-state index >= 15 is 0 Å². The van der Waals surface area contributed by atoms with Gasteiger partial charge in [-0.15, -0.1) is 0 Å². The third-order valence-corrected chi connectivity index (χ3v) is 4.77. The Morgan fingerprint density at radius 3 is 2.89 bits per heavy atom. The summed E-state index contributed by atoms with van der Waals surface area (Å²) in [6.07, 6.45) is 3.56. The average molecular weight is 265 g/mol. The summed E-state index contributed by atoms with van der Waals surface area (Å²) in [5, 5.41) is 0.627. The van der Waals surface area contributed by atoms with Gasteiger partial charge in [0, 0.05) is 30.2 Å². The number of rotatable bonds is 1. The van der Waals surface area contributed by atoms with E-state index < -0.39 is 0 Å². The Morgan fingerprint density at radius 2 is 2.17 bits per heavy atom. The molecule has 2 saturated heterocycles. The Hall–Kier alpha value is -0.640. The lowest BCUT2D eigenvalue weighted by Gasteiger charge is -2.58. The molecule has 1 aliphatic carbocycles. The van der Waals surface area contributed by atoms with Crippen LogP contribution >= 0.6 is 11.6 Å². The van der Waals surface area contributed by atoms with E-state index in [1.54, 1.807) is 0 Å². The zero-order valence-electron chi connectivity index (χ0n) is 10.4. The third kappa shape index (κ3) is 1.61. The largest absolute Gasteiger partial charge is 0.380 e. The van der Waals surface area contributed by atoms with Crippen LogP contribution in [0, 0.1) is 5.41 Å². The summed E-state index contributed by atoms with van der Waals surface area (Å²) in [5.41, 5.74) is 3.11. The maximum Gasteiger partial charge on any atom is 0.129 e. The van der Waals surface area contributed by atoms with E-state index in [-0.39, 0.29) is 0 Å². The predicted octanol–water partition coefficient (Wildman–Crippen LogP) is 2.44. The summed E-state index contributed by atoms with van der Waals surface area (Å²) in [4.78, 5) is 7.08. The van der Waals surface area contributed by atoms with Crippen molar-refractivity contribution in [3.8, 4) is 0 Å². The second kappa shape index (κ2) is 3.92. The van der Waals surface area contributed by atoms with Crippen molar-refractivity contribution >= 4 is 11.6 Å². The molecule has 1 unspecified atom stereocenters. The topological polar surface area (TPSA) is 25.4 Å². The van der Waals surface area contributed by atoms with Crippen molar-refractivity contribution in [2.24, 2.45) is 5.41 Å². The fourth-order valence-electron chi connectivity index (χ4n) is 3.60. The molecule has 0 N–H and O–H groups in total. The Morgan fingerprint density at radius 1 is 1.33 bits per heavy atom. The predicted molar refractivity (Wildman–Crippen MR) is 69.8 cm³/mol. The first-order valence-electron chi connectivity index (χ1n) is 6.73. The molecule has 2 aliphatic heterocycles. The molecule has 0 amide bonds. The lowest BCUT2D eigenvalue weighted by Crippen LogP contribution is -2.66. The highest BCUT2D eigenvalue weighted by Gasteiger charge is 2.51. The molecule has 2 fully saturated rings. The van der Waals surface area contributed by atoms with E-state index in [4.69, 9.17) is 16.3 Å². The van der Waals surface area contributed by atoms with Crippen LogP contribution in [0.2, 0.25) is 5.15 Å². The van der Waals surface area contributed by atoms with Crippen LogP contribution in [0.25, 0.3) is 0 Å². The maximum atomic E-state index is 5.99. The first-order valence-corrected chi connectivity index (χ1v) is 7.11. The van der Waals surface area contributed by atoms with Crippen molar-refractivity contribution in [1.82, 2.24) is 9.88 Å². The van der Waals surface area contributed by atoms with Crippen molar-refractivity contribution in [1.29, 1.82) is 0 Å². The van der Waals surface area contributed by atoms with E-state index in [2.05, 4.69) is 16.0 Å². The molecule has 3 heterocycles. The SMILES string of the molecule is Clc1ccc2c(n1)CCCC2N1CC2(COC2)C1. The van der Waals surface area contributed by atoms with Gasteiger partial charge in [-0.05, 0) is 30.9 Å². The molecular formula is C14H17ClN2O. The van der Waals surface area contributed by atoms with Crippen LogP contribution in [-0.4, -0.2) is 36.2 Å². The Labute approximate surface area is 112 Å². The first-order chi connectivity index (χ1) is 8.76. The maximum absolute atomic E-state index is 5.99. The standard InChI is InChI=1S/C14H17ClN2O/c15-13-5-4-10-11(16-13)2-1-3-12(10)17-6-14(7-17)8-18-9-14/h4-5,12H,1-3,6-9H2.